The Morgan fingerprint density at radius 1 is 1.16 bits per heavy atom. The largest absolute Gasteiger partial charge is 0.381 e. The molecule has 0 aliphatic carbocycles. The van der Waals surface area contributed by atoms with Gasteiger partial charge in [0, 0.05) is 43.7 Å². The van der Waals surface area contributed by atoms with Crippen molar-refractivity contribution in [1.82, 2.24) is 15.1 Å². The molecule has 3 aliphatic rings. The van der Waals surface area contributed by atoms with Gasteiger partial charge in [-0.05, 0) is 46.3 Å². The van der Waals surface area contributed by atoms with E-state index < -0.39 is 0 Å². The number of likely N-dealkylation sites (N-methyl/N-ethyl adjacent to an activating group) is 1. The van der Waals surface area contributed by atoms with Crippen molar-refractivity contribution in [1.29, 1.82) is 0 Å². The van der Waals surface area contributed by atoms with Crippen molar-refractivity contribution >= 4 is 0 Å². The summed E-state index contributed by atoms with van der Waals surface area (Å²) in [5, 5.41) is 3.48. The molecule has 0 aromatic rings. The van der Waals surface area contributed by atoms with Crippen LogP contribution in [-0.2, 0) is 4.74 Å². The summed E-state index contributed by atoms with van der Waals surface area (Å²) in [7, 11) is 4.42. The Morgan fingerprint density at radius 3 is 2.84 bits per heavy atom. The molecule has 0 spiro atoms. The van der Waals surface area contributed by atoms with Gasteiger partial charge in [-0.1, -0.05) is 0 Å². The quantitative estimate of drug-likeness (QED) is 0.818. The van der Waals surface area contributed by atoms with Gasteiger partial charge in [-0.3, -0.25) is 4.90 Å². The Morgan fingerprint density at radius 2 is 2.00 bits per heavy atom. The predicted octanol–water partition coefficient (Wildman–Crippen LogP) is 0.779. The lowest BCUT2D eigenvalue weighted by molar-refractivity contribution is 0.0173. The van der Waals surface area contributed by atoms with E-state index in [2.05, 4.69) is 29.2 Å². The van der Waals surface area contributed by atoms with E-state index in [1.165, 1.54) is 45.3 Å². The number of nitrogens with zero attached hydrogens (tertiary/aromatic N) is 2. The highest BCUT2D eigenvalue weighted by molar-refractivity contribution is 4.92. The fraction of sp³-hybridized carbons (Fsp3) is 1.00. The molecular formula is C15H29N3O. The zero-order valence-electron chi connectivity index (χ0n) is 12.5. The molecule has 3 saturated heterocycles. The van der Waals surface area contributed by atoms with Gasteiger partial charge in [0.15, 0.2) is 0 Å². The van der Waals surface area contributed by atoms with E-state index in [1.54, 1.807) is 0 Å². The number of hydrogen-bond donors (Lipinski definition) is 1. The minimum absolute atomic E-state index is 0.645. The fourth-order valence-corrected chi connectivity index (χ4v) is 4.23. The van der Waals surface area contributed by atoms with Crippen molar-refractivity contribution in [3.63, 3.8) is 0 Å². The van der Waals surface area contributed by atoms with Crippen molar-refractivity contribution in [3.8, 4) is 0 Å². The SMILES string of the molecule is CNC1CCOCC1CN1CCC2CCC(C1)N2C. The zero-order valence-corrected chi connectivity index (χ0v) is 12.5. The van der Waals surface area contributed by atoms with E-state index in [1.807, 2.05) is 0 Å². The van der Waals surface area contributed by atoms with E-state index in [9.17, 15) is 0 Å². The second-order valence-electron chi connectivity index (χ2n) is 6.62. The van der Waals surface area contributed by atoms with Crippen LogP contribution >= 0.6 is 0 Å². The first-order chi connectivity index (χ1) is 9.28. The molecule has 3 heterocycles. The van der Waals surface area contributed by atoms with E-state index >= 15 is 0 Å². The Kier molecular flexibility index (Phi) is 4.42. The molecule has 0 saturated carbocycles. The maximum Gasteiger partial charge on any atom is 0.0521 e. The first-order valence-electron chi connectivity index (χ1n) is 7.97. The second-order valence-corrected chi connectivity index (χ2v) is 6.62. The van der Waals surface area contributed by atoms with Crippen LogP contribution in [0, 0.1) is 5.92 Å². The molecule has 0 aromatic carbocycles. The van der Waals surface area contributed by atoms with Crippen LogP contribution in [0.4, 0.5) is 0 Å². The van der Waals surface area contributed by atoms with Gasteiger partial charge >= 0.3 is 0 Å². The van der Waals surface area contributed by atoms with Crippen molar-refractivity contribution in [3.05, 3.63) is 0 Å². The van der Waals surface area contributed by atoms with Gasteiger partial charge in [-0.25, -0.2) is 0 Å². The molecule has 4 nitrogen and oxygen atoms in total. The predicted molar refractivity (Wildman–Crippen MR) is 77.4 cm³/mol. The number of hydrogen-bond acceptors (Lipinski definition) is 4. The summed E-state index contributed by atoms with van der Waals surface area (Å²) in [6.45, 7) is 5.61. The van der Waals surface area contributed by atoms with Crippen LogP contribution in [0.1, 0.15) is 25.7 Å². The van der Waals surface area contributed by atoms with Gasteiger partial charge in [0.05, 0.1) is 6.61 Å². The van der Waals surface area contributed by atoms with Gasteiger partial charge < -0.3 is 15.0 Å². The molecule has 110 valence electrons. The Bertz CT molecular complexity index is 299. The summed E-state index contributed by atoms with van der Waals surface area (Å²) in [4.78, 5) is 5.33. The normalized spacial score (nSPS) is 41.4. The van der Waals surface area contributed by atoms with Crippen LogP contribution in [0.2, 0.25) is 0 Å². The molecule has 1 N–H and O–H groups in total. The van der Waals surface area contributed by atoms with Crippen LogP contribution in [-0.4, -0.2) is 74.9 Å². The van der Waals surface area contributed by atoms with Gasteiger partial charge in [-0.15, -0.1) is 0 Å². The molecular weight excluding hydrogens is 238 g/mol. The first-order valence-corrected chi connectivity index (χ1v) is 7.97. The molecule has 3 fully saturated rings. The lowest BCUT2D eigenvalue weighted by Crippen LogP contribution is -2.48. The highest BCUT2D eigenvalue weighted by Crippen LogP contribution is 2.29. The molecule has 4 atom stereocenters. The molecule has 4 unspecified atom stereocenters. The summed E-state index contributed by atoms with van der Waals surface area (Å²) in [5.41, 5.74) is 0. The lowest BCUT2D eigenvalue weighted by atomic mass is 9.94. The standard InChI is InChI=1S/C15H29N3O/c1-16-15-6-8-19-11-12(15)9-18-7-5-13-3-4-14(10-18)17(13)2/h12-16H,3-11H2,1-2H3. The van der Waals surface area contributed by atoms with Gasteiger partial charge in [-0.2, -0.15) is 0 Å². The van der Waals surface area contributed by atoms with E-state index in [-0.39, 0.29) is 0 Å². The molecule has 4 heteroatoms. The Labute approximate surface area is 117 Å². The lowest BCUT2D eigenvalue weighted by Gasteiger charge is -2.36. The minimum Gasteiger partial charge on any atom is -0.381 e. The Balaban J connectivity index is 1.57. The van der Waals surface area contributed by atoms with Gasteiger partial charge in [0.1, 0.15) is 0 Å². The van der Waals surface area contributed by atoms with Crippen LogP contribution < -0.4 is 5.32 Å². The molecule has 3 rings (SSSR count). The smallest absolute Gasteiger partial charge is 0.0521 e. The van der Waals surface area contributed by atoms with Gasteiger partial charge in [0.25, 0.3) is 0 Å². The van der Waals surface area contributed by atoms with E-state index in [0.29, 0.717) is 12.0 Å². The van der Waals surface area contributed by atoms with Crippen molar-refractivity contribution in [2.45, 2.75) is 43.8 Å². The molecule has 0 amide bonds. The van der Waals surface area contributed by atoms with Crippen LogP contribution in [0.3, 0.4) is 0 Å². The van der Waals surface area contributed by atoms with Crippen molar-refractivity contribution < 1.29 is 4.74 Å². The molecule has 19 heavy (non-hydrogen) atoms. The third kappa shape index (κ3) is 2.97. The fourth-order valence-electron chi connectivity index (χ4n) is 4.23. The number of likely N-dealkylation sites (tertiary alicyclic amines) is 1. The number of rotatable bonds is 3. The number of nitrogens with one attached hydrogen (secondary N) is 1. The second kappa shape index (κ2) is 6.08. The minimum atomic E-state index is 0.645. The highest BCUT2D eigenvalue weighted by atomic mass is 16.5. The van der Waals surface area contributed by atoms with Crippen LogP contribution in [0.5, 0.6) is 0 Å². The molecule has 3 aliphatic heterocycles. The van der Waals surface area contributed by atoms with Gasteiger partial charge in [0.2, 0.25) is 0 Å². The average Bonchev–Trinajstić information content (AvgIpc) is 2.68. The summed E-state index contributed by atoms with van der Waals surface area (Å²) < 4.78 is 5.69. The van der Waals surface area contributed by atoms with E-state index in [0.717, 1.165) is 25.3 Å². The maximum atomic E-state index is 5.69. The van der Waals surface area contributed by atoms with Crippen LogP contribution in [0.15, 0.2) is 0 Å². The number of fused-ring (bicyclic) bond motifs is 2. The highest BCUT2D eigenvalue weighted by Gasteiger charge is 2.36. The molecule has 0 radical (unpaired) electrons. The van der Waals surface area contributed by atoms with Crippen molar-refractivity contribution in [2.24, 2.45) is 5.92 Å². The summed E-state index contributed by atoms with van der Waals surface area (Å²) in [6, 6.07) is 2.29. The summed E-state index contributed by atoms with van der Waals surface area (Å²) >= 11 is 0. The molecule has 0 aromatic heterocycles. The summed E-state index contributed by atoms with van der Waals surface area (Å²) in [6.07, 6.45) is 5.33. The molecule has 2 bridgehead atoms. The zero-order chi connectivity index (χ0) is 13.2. The summed E-state index contributed by atoms with van der Waals surface area (Å²) in [5.74, 6) is 0.667. The first kappa shape index (κ1) is 13.8. The maximum absolute atomic E-state index is 5.69. The van der Waals surface area contributed by atoms with Crippen molar-refractivity contribution in [2.75, 3.05) is 46.9 Å². The average molecular weight is 267 g/mol. The van der Waals surface area contributed by atoms with E-state index in [4.69, 9.17) is 4.74 Å². The third-order valence-corrected chi connectivity index (χ3v) is 5.57. The monoisotopic (exact) mass is 267 g/mol. The van der Waals surface area contributed by atoms with Crippen LogP contribution in [0.25, 0.3) is 0 Å². The topological polar surface area (TPSA) is 27.7 Å². The number of ether oxygens (including phenoxy) is 1. The third-order valence-electron chi connectivity index (χ3n) is 5.57. The Hall–Kier alpha value is -0.160.